The summed E-state index contributed by atoms with van der Waals surface area (Å²) in [5.74, 6) is 1.80. The third-order valence-electron chi connectivity index (χ3n) is 11.8. The van der Waals surface area contributed by atoms with E-state index in [1.54, 1.807) is 0 Å². The molecular weight excluding hydrogens is 707 g/mol. The fraction of sp³-hybridized carbons (Fsp3) is 0.0556. The van der Waals surface area contributed by atoms with Crippen LogP contribution in [-0.4, -0.2) is 15.0 Å². The molecule has 2 aromatic heterocycles. The van der Waals surface area contributed by atoms with Crippen molar-refractivity contribution < 1.29 is 4.42 Å². The maximum Gasteiger partial charge on any atom is 0.164 e. The zero-order valence-corrected chi connectivity index (χ0v) is 32.1. The molecule has 0 unspecified atom stereocenters. The molecule has 0 saturated heterocycles. The van der Waals surface area contributed by atoms with Gasteiger partial charge in [0.15, 0.2) is 17.5 Å². The number of rotatable bonds is 6. The first-order valence-corrected chi connectivity index (χ1v) is 19.8. The van der Waals surface area contributed by atoms with Crippen molar-refractivity contribution >= 4 is 21.9 Å². The quantitative estimate of drug-likeness (QED) is 0.170. The maximum atomic E-state index is 6.55. The van der Waals surface area contributed by atoms with Crippen LogP contribution in [0.4, 0.5) is 0 Å². The molecule has 274 valence electrons. The van der Waals surface area contributed by atoms with E-state index in [-0.39, 0.29) is 5.41 Å². The fourth-order valence-electron chi connectivity index (χ4n) is 8.85. The Labute approximate surface area is 337 Å². The molecule has 1 aliphatic carbocycles. The van der Waals surface area contributed by atoms with Crippen LogP contribution < -0.4 is 0 Å². The highest BCUT2D eigenvalue weighted by Crippen LogP contribution is 2.50. The summed E-state index contributed by atoms with van der Waals surface area (Å²) in [7, 11) is 0. The highest BCUT2D eigenvalue weighted by molar-refractivity contribution is 6.13. The molecule has 2 heterocycles. The van der Waals surface area contributed by atoms with Gasteiger partial charge in [0.25, 0.3) is 0 Å². The Morgan fingerprint density at radius 1 is 0.345 bits per heavy atom. The third kappa shape index (κ3) is 5.56. The molecule has 0 spiro atoms. The number of benzene rings is 8. The van der Waals surface area contributed by atoms with Gasteiger partial charge in [0.1, 0.15) is 11.2 Å². The largest absolute Gasteiger partial charge is 0.456 e. The van der Waals surface area contributed by atoms with Crippen LogP contribution in [0.5, 0.6) is 0 Å². The molecule has 4 nitrogen and oxygen atoms in total. The topological polar surface area (TPSA) is 51.8 Å². The van der Waals surface area contributed by atoms with Gasteiger partial charge < -0.3 is 4.42 Å². The van der Waals surface area contributed by atoms with Gasteiger partial charge in [-0.3, -0.25) is 0 Å². The van der Waals surface area contributed by atoms with Crippen LogP contribution in [0.15, 0.2) is 192 Å². The SMILES string of the molecule is CC1(C)c2ccccc2-c2cc(-c3ccc4oc5cccc(-c6nc(-c7cccc(-c8ccccc8)c7)nc(-c7ccccc7-c7ccccc7)n6)c5c4c3)ccc21. The second-order valence-electron chi connectivity index (χ2n) is 15.6. The van der Waals surface area contributed by atoms with Gasteiger partial charge in [0.05, 0.1) is 0 Å². The minimum atomic E-state index is -0.0448. The molecule has 8 aromatic carbocycles. The van der Waals surface area contributed by atoms with E-state index in [9.17, 15) is 0 Å². The summed E-state index contributed by atoms with van der Waals surface area (Å²) in [5, 5.41) is 1.99. The number of fused-ring (bicyclic) bond motifs is 6. The molecule has 0 amide bonds. The van der Waals surface area contributed by atoms with Crippen molar-refractivity contribution in [1.82, 2.24) is 15.0 Å². The number of nitrogens with zero attached hydrogens (tertiary/aromatic N) is 3. The number of furan rings is 1. The van der Waals surface area contributed by atoms with Crippen LogP contribution in [0.1, 0.15) is 25.0 Å². The van der Waals surface area contributed by atoms with Crippen LogP contribution in [0.25, 0.3) is 101 Å². The monoisotopic (exact) mass is 743 g/mol. The van der Waals surface area contributed by atoms with Crippen LogP contribution in [-0.2, 0) is 5.41 Å². The predicted octanol–water partition coefficient (Wildman–Crippen LogP) is 14.1. The van der Waals surface area contributed by atoms with E-state index in [1.165, 1.54) is 27.8 Å². The molecule has 0 atom stereocenters. The van der Waals surface area contributed by atoms with E-state index in [0.717, 1.165) is 66.4 Å². The summed E-state index contributed by atoms with van der Waals surface area (Å²) in [6.45, 7) is 4.64. The van der Waals surface area contributed by atoms with Crippen LogP contribution in [0.2, 0.25) is 0 Å². The zero-order valence-electron chi connectivity index (χ0n) is 32.1. The van der Waals surface area contributed by atoms with Crippen LogP contribution in [0.3, 0.4) is 0 Å². The first kappa shape index (κ1) is 33.9. The highest BCUT2D eigenvalue weighted by atomic mass is 16.3. The Kier molecular flexibility index (Phi) is 7.80. The summed E-state index contributed by atoms with van der Waals surface area (Å²) in [4.78, 5) is 15.8. The summed E-state index contributed by atoms with van der Waals surface area (Å²) in [6, 6.07) is 66.0. The average molecular weight is 744 g/mol. The first-order chi connectivity index (χ1) is 28.5. The summed E-state index contributed by atoms with van der Waals surface area (Å²) >= 11 is 0. The third-order valence-corrected chi connectivity index (χ3v) is 11.8. The van der Waals surface area contributed by atoms with Crippen molar-refractivity contribution in [3.8, 4) is 78.7 Å². The van der Waals surface area contributed by atoms with Crippen molar-refractivity contribution in [3.63, 3.8) is 0 Å². The molecule has 0 bridgehead atoms. The van der Waals surface area contributed by atoms with Crippen molar-refractivity contribution in [2.45, 2.75) is 19.3 Å². The molecule has 0 fully saturated rings. The molecule has 0 N–H and O–H groups in total. The lowest BCUT2D eigenvalue weighted by Crippen LogP contribution is -2.14. The normalized spacial score (nSPS) is 12.8. The second kappa shape index (κ2) is 13.4. The molecule has 0 saturated carbocycles. The van der Waals surface area contributed by atoms with Gasteiger partial charge in [0.2, 0.25) is 0 Å². The van der Waals surface area contributed by atoms with Crippen molar-refractivity contribution in [2.24, 2.45) is 0 Å². The Morgan fingerprint density at radius 3 is 1.71 bits per heavy atom. The molecule has 11 rings (SSSR count). The second-order valence-corrected chi connectivity index (χ2v) is 15.6. The van der Waals surface area contributed by atoms with Crippen molar-refractivity contribution in [1.29, 1.82) is 0 Å². The summed E-state index contributed by atoms with van der Waals surface area (Å²) in [6.07, 6.45) is 0. The maximum absolute atomic E-state index is 6.55. The zero-order chi connectivity index (χ0) is 38.8. The Morgan fingerprint density at radius 2 is 0.897 bits per heavy atom. The Hall–Kier alpha value is -7.43. The van der Waals surface area contributed by atoms with E-state index >= 15 is 0 Å². The van der Waals surface area contributed by atoms with Crippen LogP contribution in [0, 0.1) is 0 Å². The number of aromatic nitrogens is 3. The van der Waals surface area contributed by atoms with Gasteiger partial charge in [-0.2, -0.15) is 0 Å². The molecular formula is C54H37N3O. The number of hydrogen-bond donors (Lipinski definition) is 0. The lowest BCUT2D eigenvalue weighted by Gasteiger charge is -2.21. The average Bonchev–Trinajstić information content (AvgIpc) is 3.78. The van der Waals surface area contributed by atoms with E-state index in [1.807, 2.05) is 30.3 Å². The van der Waals surface area contributed by atoms with Gasteiger partial charge in [-0.25, -0.2) is 15.0 Å². The van der Waals surface area contributed by atoms with E-state index in [4.69, 9.17) is 19.4 Å². The van der Waals surface area contributed by atoms with E-state index in [2.05, 4.69) is 172 Å². The molecule has 4 heteroatoms. The van der Waals surface area contributed by atoms with Gasteiger partial charge in [0, 0.05) is 32.9 Å². The Balaban J connectivity index is 1.11. The van der Waals surface area contributed by atoms with Gasteiger partial charge in [-0.05, 0) is 86.0 Å². The fourth-order valence-corrected chi connectivity index (χ4v) is 8.85. The molecule has 0 radical (unpaired) electrons. The molecule has 58 heavy (non-hydrogen) atoms. The lowest BCUT2D eigenvalue weighted by atomic mass is 9.82. The molecule has 1 aliphatic rings. The van der Waals surface area contributed by atoms with Gasteiger partial charge >= 0.3 is 0 Å². The summed E-state index contributed by atoms with van der Waals surface area (Å²) in [5.41, 5.74) is 16.3. The van der Waals surface area contributed by atoms with Crippen molar-refractivity contribution in [3.05, 3.63) is 199 Å². The van der Waals surface area contributed by atoms with Crippen molar-refractivity contribution in [2.75, 3.05) is 0 Å². The van der Waals surface area contributed by atoms with E-state index in [0.29, 0.717) is 17.5 Å². The molecule has 0 aliphatic heterocycles. The standard InChI is InChI=1S/C54H37N3O/c1-54(2)46-25-12-11-22-41(46)44-32-37(27-29-47(44)54)38-28-30-48-45(33-38)50-43(24-14-26-49(50)58-48)53-56-51(39-20-13-19-36(31-39)34-15-5-3-6-16-34)55-52(57-53)42-23-10-9-21-40(42)35-17-7-4-8-18-35/h3-33H,1-2H3. The minimum Gasteiger partial charge on any atom is -0.456 e. The predicted molar refractivity (Wildman–Crippen MR) is 237 cm³/mol. The van der Waals surface area contributed by atoms with Gasteiger partial charge in [-0.15, -0.1) is 0 Å². The summed E-state index contributed by atoms with van der Waals surface area (Å²) < 4.78 is 6.55. The minimum absolute atomic E-state index is 0.0448. The first-order valence-electron chi connectivity index (χ1n) is 19.8. The lowest BCUT2D eigenvalue weighted by molar-refractivity contribution is 0.660. The highest BCUT2D eigenvalue weighted by Gasteiger charge is 2.35. The molecule has 10 aromatic rings. The smallest absolute Gasteiger partial charge is 0.164 e. The van der Waals surface area contributed by atoms with Gasteiger partial charge in [-0.1, -0.05) is 172 Å². The number of hydrogen-bond acceptors (Lipinski definition) is 4. The Bertz CT molecular complexity index is 3200. The van der Waals surface area contributed by atoms with Crippen LogP contribution >= 0.6 is 0 Å². The van der Waals surface area contributed by atoms with E-state index < -0.39 is 0 Å².